The molecule has 1 aromatic rings. The van der Waals surface area contributed by atoms with E-state index in [0.717, 1.165) is 5.56 Å². The Kier molecular flexibility index (Phi) is 6.30. The average Bonchev–Trinajstić information content (AvgIpc) is 2.46. The van der Waals surface area contributed by atoms with Crippen molar-refractivity contribution in [3.05, 3.63) is 35.4 Å². The van der Waals surface area contributed by atoms with Crippen molar-refractivity contribution in [3.63, 3.8) is 0 Å². The molecule has 0 radical (unpaired) electrons. The highest BCUT2D eigenvalue weighted by molar-refractivity contribution is 5.89. The van der Waals surface area contributed by atoms with Crippen molar-refractivity contribution in [1.82, 2.24) is 10.6 Å². The number of nitrogens with one attached hydrogen (secondary N) is 2. The molecule has 6 nitrogen and oxygen atoms in total. The molecular formula is C17H24N2O4. The minimum atomic E-state index is -0.977. The summed E-state index contributed by atoms with van der Waals surface area (Å²) < 4.78 is 0. The normalized spacial score (nSPS) is 12.3. The molecule has 1 aromatic carbocycles. The van der Waals surface area contributed by atoms with Crippen LogP contribution >= 0.6 is 0 Å². The summed E-state index contributed by atoms with van der Waals surface area (Å²) in [5.41, 5.74) is 0.502. The van der Waals surface area contributed by atoms with Crippen LogP contribution in [-0.2, 0) is 16.0 Å². The number of carboxylic acid groups (broad SMARTS) is 1. The van der Waals surface area contributed by atoms with Crippen molar-refractivity contribution in [1.29, 1.82) is 0 Å². The zero-order valence-electron chi connectivity index (χ0n) is 14.0. The topological polar surface area (TPSA) is 95.5 Å². The first kappa shape index (κ1) is 18.7. The maximum absolute atomic E-state index is 12.0. The van der Waals surface area contributed by atoms with E-state index in [1.807, 2.05) is 6.07 Å². The van der Waals surface area contributed by atoms with Gasteiger partial charge in [-0.15, -0.1) is 0 Å². The molecule has 1 unspecified atom stereocenters. The fraction of sp³-hybridized carbons (Fsp3) is 0.471. The highest BCUT2D eigenvalue weighted by atomic mass is 16.4. The van der Waals surface area contributed by atoms with E-state index >= 15 is 0 Å². The van der Waals surface area contributed by atoms with Crippen LogP contribution in [0.3, 0.4) is 0 Å². The maximum atomic E-state index is 12.0. The number of carboxylic acids is 1. The first-order valence-corrected chi connectivity index (χ1v) is 7.52. The van der Waals surface area contributed by atoms with E-state index in [1.165, 1.54) is 6.07 Å². The molecular weight excluding hydrogens is 296 g/mol. The van der Waals surface area contributed by atoms with Crippen LogP contribution in [-0.4, -0.2) is 35.5 Å². The van der Waals surface area contributed by atoms with Gasteiger partial charge in [-0.2, -0.15) is 0 Å². The van der Waals surface area contributed by atoms with Crippen molar-refractivity contribution < 1.29 is 19.5 Å². The molecule has 0 bridgehead atoms. The summed E-state index contributed by atoms with van der Waals surface area (Å²) in [5, 5.41) is 14.3. The quantitative estimate of drug-likeness (QED) is 0.742. The second kappa shape index (κ2) is 7.76. The molecule has 2 amide bonds. The number of hydrogen-bond donors (Lipinski definition) is 3. The number of aromatic carboxylic acids is 1. The number of hydrogen-bond acceptors (Lipinski definition) is 3. The molecule has 0 aliphatic heterocycles. The lowest BCUT2D eigenvalue weighted by atomic mass is 9.95. The van der Waals surface area contributed by atoms with Gasteiger partial charge in [0.25, 0.3) is 0 Å². The molecule has 0 saturated carbocycles. The third-order valence-corrected chi connectivity index (χ3v) is 3.31. The molecule has 1 rings (SSSR count). The van der Waals surface area contributed by atoms with Gasteiger partial charge in [0.05, 0.1) is 5.56 Å². The predicted molar refractivity (Wildman–Crippen MR) is 87.2 cm³/mol. The zero-order valence-corrected chi connectivity index (χ0v) is 14.0. The fourth-order valence-electron chi connectivity index (χ4n) is 1.82. The van der Waals surface area contributed by atoms with Gasteiger partial charge in [-0.25, -0.2) is 4.79 Å². The van der Waals surface area contributed by atoms with Crippen molar-refractivity contribution in [2.24, 2.45) is 5.41 Å². The minimum Gasteiger partial charge on any atom is -0.478 e. The van der Waals surface area contributed by atoms with E-state index in [2.05, 4.69) is 10.6 Å². The summed E-state index contributed by atoms with van der Waals surface area (Å²) in [7, 11) is 0. The minimum absolute atomic E-state index is 0.186. The van der Waals surface area contributed by atoms with Crippen LogP contribution in [0.1, 0.15) is 43.6 Å². The van der Waals surface area contributed by atoms with E-state index in [-0.39, 0.29) is 17.4 Å². The first-order chi connectivity index (χ1) is 10.6. The van der Waals surface area contributed by atoms with E-state index in [4.69, 9.17) is 5.11 Å². The summed E-state index contributed by atoms with van der Waals surface area (Å²) in [5.74, 6) is -1.43. The van der Waals surface area contributed by atoms with Crippen LogP contribution < -0.4 is 10.6 Å². The van der Waals surface area contributed by atoms with Crippen LogP contribution in [0, 0.1) is 5.41 Å². The Morgan fingerprint density at radius 2 is 1.87 bits per heavy atom. The van der Waals surface area contributed by atoms with E-state index in [0.29, 0.717) is 13.0 Å². The van der Waals surface area contributed by atoms with Crippen molar-refractivity contribution in [3.8, 4) is 0 Å². The largest absolute Gasteiger partial charge is 0.478 e. The second-order valence-electron chi connectivity index (χ2n) is 6.49. The van der Waals surface area contributed by atoms with Crippen LogP contribution in [0.2, 0.25) is 0 Å². The van der Waals surface area contributed by atoms with Crippen LogP contribution in [0.15, 0.2) is 24.3 Å². The van der Waals surface area contributed by atoms with Gasteiger partial charge in [0, 0.05) is 12.0 Å². The van der Waals surface area contributed by atoms with E-state index in [9.17, 15) is 14.4 Å². The van der Waals surface area contributed by atoms with Crippen LogP contribution in [0.4, 0.5) is 0 Å². The SMILES string of the molecule is CC(NC(=O)C(C)(C)C)C(=O)NCCc1cccc(C(=O)O)c1. The summed E-state index contributed by atoms with van der Waals surface area (Å²) >= 11 is 0. The Hall–Kier alpha value is -2.37. The number of carbonyl (C=O) groups excluding carboxylic acids is 2. The van der Waals surface area contributed by atoms with Crippen molar-refractivity contribution in [2.75, 3.05) is 6.54 Å². The smallest absolute Gasteiger partial charge is 0.335 e. The fourth-order valence-corrected chi connectivity index (χ4v) is 1.82. The van der Waals surface area contributed by atoms with Crippen molar-refractivity contribution in [2.45, 2.75) is 40.2 Å². The maximum Gasteiger partial charge on any atom is 0.335 e. The lowest BCUT2D eigenvalue weighted by Gasteiger charge is -2.21. The average molecular weight is 320 g/mol. The van der Waals surface area contributed by atoms with Gasteiger partial charge < -0.3 is 15.7 Å². The molecule has 23 heavy (non-hydrogen) atoms. The molecule has 126 valence electrons. The molecule has 6 heteroatoms. The molecule has 0 spiro atoms. The van der Waals surface area contributed by atoms with Gasteiger partial charge in [0.1, 0.15) is 6.04 Å². The monoisotopic (exact) mass is 320 g/mol. The Morgan fingerprint density at radius 3 is 2.43 bits per heavy atom. The number of carbonyl (C=O) groups is 3. The first-order valence-electron chi connectivity index (χ1n) is 7.52. The van der Waals surface area contributed by atoms with Gasteiger partial charge in [0.2, 0.25) is 11.8 Å². The predicted octanol–water partition coefficient (Wildman–Crippen LogP) is 1.59. The third-order valence-electron chi connectivity index (χ3n) is 3.31. The highest BCUT2D eigenvalue weighted by Crippen LogP contribution is 2.12. The molecule has 0 heterocycles. The van der Waals surface area contributed by atoms with Crippen molar-refractivity contribution >= 4 is 17.8 Å². The van der Waals surface area contributed by atoms with Crippen LogP contribution in [0.5, 0.6) is 0 Å². The van der Waals surface area contributed by atoms with Gasteiger partial charge in [0.15, 0.2) is 0 Å². The summed E-state index contributed by atoms with van der Waals surface area (Å²) in [6, 6.07) is 5.97. The van der Waals surface area contributed by atoms with Gasteiger partial charge in [-0.3, -0.25) is 9.59 Å². The Balaban J connectivity index is 2.46. The number of benzene rings is 1. The zero-order chi connectivity index (χ0) is 17.6. The number of rotatable bonds is 6. The highest BCUT2D eigenvalue weighted by Gasteiger charge is 2.24. The lowest BCUT2D eigenvalue weighted by molar-refractivity contribution is -0.133. The lowest BCUT2D eigenvalue weighted by Crippen LogP contribution is -2.48. The Labute approximate surface area is 136 Å². The van der Waals surface area contributed by atoms with Crippen LogP contribution in [0.25, 0.3) is 0 Å². The van der Waals surface area contributed by atoms with E-state index < -0.39 is 17.4 Å². The van der Waals surface area contributed by atoms with Gasteiger partial charge in [-0.1, -0.05) is 32.9 Å². The molecule has 0 aromatic heterocycles. The number of amides is 2. The molecule has 0 aliphatic rings. The van der Waals surface area contributed by atoms with Gasteiger partial charge >= 0.3 is 5.97 Å². The molecule has 0 saturated heterocycles. The second-order valence-corrected chi connectivity index (χ2v) is 6.49. The van der Waals surface area contributed by atoms with Gasteiger partial charge in [-0.05, 0) is 31.0 Å². The Morgan fingerprint density at radius 1 is 1.22 bits per heavy atom. The summed E-state index contributed by atoms with van der Waals surface area (Å²) in [6.45, 7) is 7.34. The summed E-state index contributed by atoms with van der Waals surface area (Å²) in [4.78, 5) is 34.7. The standard InChI is InChI=1S/C17H24N2O4/c1-11(19-16(23)17(2,3)4)14(20)18-9-8-12-6-5-7-13(10-12)15(21)22/h5-7,10-11H,8-9H2,1-4H3,(H,18,20)(H,19,23)(H,21,22). The molecule has 3 N–H and O–H groups in total. The Bertz CT molecular complexity index is 591. The molecule has 0 fully saturated rings. The molecule has 1 atom stereocenters. The molecule has 0 aliphatic carbocycles. The van der Waals surface area contributed by atoms with E-state index in [1.54, 1.807) is 39.8 Å². The summed E-state index contributed by atoms with van der Waals surface area (Å²) in [6.07, 6.45) is 0.521. The third kappa shape index (κ3) is 6.10.